The molecule has 0 spiro atoms. The molecular formula is C15H24BrN3O. The Morgan fingerprint density at radius 2 is 2.05 bits per heavy atom. The lowest BCUT2D eigenvalue weighted by Crippen LogP contribution is -2.31. The predicted molar refractivity (Wildman–Crippen MR) is 86.3 cm³/mol. The number of nitrogens with one attached hydrogen (secondary N) is 1. The predicted octanol–water partition coefficient (Wildman–Crippen LogP) is 3.97. The molecule has 1 fully saturated rings. The average molecular weight is 342 g/mol. The maximum Gasteiger partial charge on any atom is 0.283 e. The minimum Gasteiger partial charge on any atom is -0.382 e. The van der Waals surface area contributed by atoms with E-state index in [0.29, 0.717) is 9.89 Å². The number of anilines is 1. The summed E-state index contributed by atoms with van der Waals surface area (Å²) in [4.78, 5) is 12.2. The number of aromatic nitrogens is 2. The van der Waals surface area contributed by atoms with Gasteiger partial charge in [-0.2, -0.15) is 5.10 Å². The Morgan fingerprint density at radius 1 is 1.40 bits per heavy atom. The molecule has 1 aromatic heterocycles. The molecule has 1 N–H and O–H groups in total. The molecule has 0 atom stereocenters. The van der Waals surface area contributed by atoms with Crippen LogP contribution in [0.5, 0.6) is 0 Å². The van der Waals surface area contributed by atoms with E-state index < -0.39 is 0 Å². The molecule has 4 nitrogen and oxygen atoms in total. The van der Waals surface area contributed by atoms with Crippen molar-refractivity contribution in [2.75, 3.05) is 11.9 Å². The van der Waals surface area contributed by atoms with Crippen LogP contribution in [0.2, 0.25) is 0 Å². The van der Waals surface area contributed by atoms with Crippen molar-refractivity contribution in [2.45, 2.75) is 58.9 Å². The zero-order valence-electron chi connectivity index (χ0n) is 12.6. The minimum atomic E-state index is -0.0706. The van der Waals surface area contributed by atoms with E-state index in [-0.39, 0.29) is 11.6 Å². The molecule has 0 amide bonds. The second kappa shape index (κ2) is 6.29. The first-order valence-corrected chi connectivity index (χ1v) is 8.23. The Kier molecular flexibility index (Phi) is 4.89. The van der Waals surface area contributed by atoms with Crippen LogP contribution < -0.4 is 10.9 Å². The van der Waals surface area contributed by atoms with Crippen molar-refractivity contribution in [3.8, 4) is 0 Å². The topological polar surface area (TPSA) is 46.9 Å². The lowest BCUT2D eigenvalue weighted by molar-refractivity contribution is 0.233. The zero-order valence-corrected chi connectivity index (χ0v) is 14.2. The molecule has 0 saturated heterocycles. The Labute approximate surface area is 129 Å². The molecule has 2 rings (SSSR count). The second-order valence-corrected chi connectivity index (χ2v) is 7.23. The van der Waals surface area contributed by atoms with E-state index in [4.69, 9.17) is 0 Å². The SMILES string of the molecule is CC(C)n1ncc(NCC2(C)CCCCC2)c(Br)c1=O. The van der Waals surface area contributed by atoms with Crippen molar-refractivity contribution >= 4 is 21.6 Å². The molecule has 0 aromatic carbocycles. The number of hydrogen-bond donors (Lipinski definition) is 1. The Hall–Kier alpha value is -0.840. The third kappa shape index (κ3) is 3.43. The van der Waals surface area contributed by atoms with E-state index >= 15 is 0 Å². The maximum absolute atomic E-state index is 12.2. The molecule has 0 bridgehead atoms. The smallest absolute Gasteiger partial charge is 0.283 e. The Bertz CT molecular complexity index is 518. The number of rotatable bonds is 4. The fourth-order valence-corrected chi connectivity index (χ4v) is 3.25. The normalized spacial score (nSPS) is 18.2. The summed E-state index contributed by atoms with van der Waals surface area (Å²) in [7, 11) is 0. The third-order valence-electron chi connectivity index (χ3n) is 4.20. The van der Waals surface area contributed by atoms with Gasteiger partial charge in [-0.1, -0.05) is 26.2 Å². The molecule has 0 aliphatic heterocycles. The van der Waals surface area contributed by atoms with E-state index in [1.807, 2.05) is 13.8 Å². The first kappa shape index (κ1) is 15.5. The molecule has 0 radical (unpaired) electrons. The van der Waals surface area contributed by atoms with E-state index in [1.54, 1.807) is 6.20 Å². The molecule has 0 unspecified atom stereocenters. The van der Waals surface area contributed by atoms with Gasteiger partial charge in [0.25, 0.3) is 5.56 Å². The van der Waals surface area contributed by atoms with Crippen LogP contribution in [0, 0.1) is 5.41 Å². The van der Waals surface area contributed by atoms with Gasteiger partial charge in [0.05, 0.1) is 17.9 Å². The Balaban J connectivity index is 2.10. The highest BCUT2D eigenvalue weighted by Crippen LogP contribution is 2.36. The summed E-state index contributed by atoms with van der Waals surface area (Å²) >= 11 is 3.41. The van der Waals surface area contributed by atoms with Gasteiger partial charge in [-0.05, 0) is 48.0 Å². The van der Waals surface area contributed by atoms with Gasteiger partial charge in [-0.3, -0.25) is 4.79 Å². The van der Waals surface area contributed by atoms with Crippen molar-refractivity contribution in [2.24, 2.45) is 5.41 Å². The van der Waals surface area contributed by atoms with Gasteiger partial charge >= 0.3 is 0 Å². The average Bonchev–Trinajstić information content (AvgIpc) is 2.41. The third-order valence-corrected chi connectivity index (χ3v) is 4.97. The highest BCUT2D eigenvalue weighted by atomic mass is 79.9. The summed E-state index contributed by atoms with van der Waals surface area (Å²) in [5.41, 5.74) is 1.07. The molecule has 1 aliphatic rings. The van der Waals surface area contributed by atoms with E-state index in [2.05, 4.69) is 33.3 Å². The zero-order chi connectivity index (χ0) is 14.8. The van der Waals surface area contributed by atoms with Crippen LogP contribution in [0.4, 0.5) is 5.69 Å². The molecular weight excluding hydrogens is 318 g/mol. The maximum atomic E-state index is 12.2. The van der Waals surface area contributed by atoms with E-state index in [1.165, 1.54) is 36.8 Å². The molecule has 20 heavy (non-hydrogen) atoms. The lowest BCUT2D eigenvalue weighted by Gasteiger charge is -2.34. The molecule has 1 saturated carbocycles. The van der Waals surface area contributed by atoms with Crippen LogP contribution in [0.1, 0.15) is 58.9 Å². The van der Waals surface area contributed by atoms with Crippen LogP contribution in [0.25, 0.3) is 0 Å². The van der Waals surface area contributed by atoms with Gasteiger partial charge in [0.15, 0.2) is 0 Å². The van der Waals surface area contributed by atoms with Gasteiger partial charge in [-0.15, -0.1) is 0 Å². The Morgan fingerprint density at radius 3 is 2.65 bits per heavy atom. The van der Waals surface area contributed by atoms with Gasteiger partial charge < -0.3 is 5.32 Å². The van der Waals surface area contributed by atoms with Gasteiger partial charge in [0.2, 0.25) is 0 Å². The molecule has 1 aromatic rings. The van der Waals surface area contributed by atoms with Crippen LogP contribution in [0.3, 0.4) is 0 Å². The van der Waals surface area contributed by atoms with Crippen molar-refractivity contribution in [3.05, 3.63) is 21.0 Å². The second-order valence-electron chi connectivity index (χ2n) is 6.44. The van der Waals surface area contributed by atoms with Gasteiger partial charge in [-0.25, -0.2) is 4.68 Å². The molecule has 5 heteroatoms. The number of halogens is 1. The van der Waals surface area contributed by atoms with Crippen LogP contribution in [-0.2, 0) is 0 Å². The summed E-state index contributed by atoms with van der Waals surface area (Å²) in [5, 5.41) is 7.64. The fraction of sp³-hybridized carbons (Fsp3) is 0.733. The summed E-state index contributed by atoms with van der Waals surface area (Å²) in [5.74, 6) is 0. The number of hydrogen-bond acceptors (Lipinski definition) is 3. The van der Waals surface area contributed by atoms with Crippen molar-refractivity contribution in [1.29, 1.82) is 0 Å². The van der Waals surface area contributed by atoms with Crippen molar-refractivity contribution < 1.29 is 0 Å². The highest BCUT2D eigenvalue weighted by molar-refractivity contribution is 9.10. The van der Waals surface area contributed by atoms with Crippen LogP contribution >= 0.6 is 15.9 Å². The summed E-state index contributed by atoms with van der Waals surface area (Å²) < 4.78 is 2.08. The van der Waals surface area contributed by atoms with Crippen molar-refractivity contribution in [3.63, 3.8) is 0 Å². The number of nitrogens with zero attached hydrogens (tertiary/aromatic N) is 2. The van der Waals surface area contributed by atoms with Gasteiger partial charge in [0.1, 0.15) is 4.47 Å². The van der Waals surface area contributed by atoms with Crippen LogP contribution in [-0.4, -0.2) is 16.3 Å². The largest absolute Gasteiger partial charge is 0.382 e. The van der Waals surface area contributed by atoms with Crippen molar-refractivity contribution in [1.82, 2.24) is 9.78 Å². The first-order chi connectivity index (χ1) is 9.43. The summed E-state index contributed by atoms with van der Waals surface area (Å²) in [6.07, 6.45) is 8.24. The first-order valence-electron chi connectivity index (χ1n) is 7.44. The van der Waals surface area contributed by atoms with E-state index in [9.17, 15) is 4.79 Å². The highest BCUT2D eigenvalue weighted by Gasteiger charge is 2.26. The standard InChI is InChI=1S/C15H24BrN3O/c1-11(2)19-14(20)13(16)12(9-18-19)17-10-15(3)7-5-4-6-8-15/h9,11,17H,4-8,10H2,1-3H3. The molecule has 1 heterocycles. The summed E-state index contributed by atoms with van der Waals surface area (Å²) in [6, 6.07) is 0.0729. The quantitative estimate of drug-likeness (QED) is 0.901. The summed E-state index contributed by atoms with van der Waals surface area (Å²) in [6.45, 7) is 7.14. The van der Waals surface area contributed by atoms with Crippen LogP contribution in [0.15, 0.2) is 15.5 Å². The molecule has 112 valence electrons. The monoisotopic (exact) mass is 341 g/mol. The minimum absolute atomic E-state index is 0.0706. The lowest BCUT2D eigenvalue weighted by atomic mass is 9.76. The molecule has 1 aliphatic carbocycles. The fourth-order valence-electron chi connectivity index (χ4n) is 2.83. The van der Waals surface area contributed by atoms with E-state index in [0.717, 1.165) is 12.2 Å². The van der Waals surface area contributed by atoms with Gasteiger partial charge in [0, 0.05) is 6.54 Å².